The lowest BCUT2D eigenvalue weighted by molar-refractivity contribution is -0.625. The third kappa shape index (κ3) is 6.15. The lowest BCUT2D eigenvalue weighted by atomic mass is 10.2. The Bertz CT molecular complexity index is 1370. The minimum atomic E-state index is -0.358. The summed E-state index contributed by atoms with van der Waals surface area (Å²) >= 11 is 7.29. The summed E-state index contributed by atoms with van der Waals surface area (Å²) in [6.45, 7) is 2.49. The number of ether oxygens (including phenoxy) is 1. The molecule has 9 nitrogen and oxygen atoms in total. The Kier molecular flexibility index (Phi) is 8.09. The summed E-state index contributed by atoms with van der Waals surface area (Å²) in [6.07, 6.45) is 1.30. The first-order valence-corrected chi connectivity index (χ1v) is 12.3. The van der Waals surface area contributed by atoms with Crippen LogP contribution in [0.1, 0.15) is 12.5 Å². The molecule has 4 N–H and O–H groups in total. The first-order valence-electron chi connectivity index (χ1n) is 10.9. The van der Waals surface area contributed by atoms with Gasteiger partial charge < -0.3 is 14.9 Å². The molecular formula is C25H23ClN5O4S+. The van der Waals surface area contributed by atoms with Crippen LogP contribution >= 0.6 is 23.4 Å². The van der Waals surface area contributed by atoms with Gasteiger partial charge in [0.1, 0.15) is 22.9 Å². The van der Waals surface area contributed by atoms with Gasteiger partial charge in [-0.1, -0.05) is 11.6 Å². The van der Waals surface area contributed by atoms with Crippen LogP contribution in [0.4, 0.5) is 0 Å². The van der Waals surface area contributed by atoms with Gasteiger partial charge in [-0.3, -0.25) is 4.79 Å². The molecule has 0 bridgehead atoms. The smallest absolute Gasteiger partial charge is 0.342 e. The lowest BCUT2D eigenvalue weighted by Gasteiger charge is -2.06. The highest BCUT2D eigenvalue weighted by Gasteiger charge is 2.24. The van der Waals surface area contributed by atoms with E-state index in [0.29, 0.717) is 22.3 Å². The van der Waals surface area contributed by atoms with Gasteiger partial charge in [-0.05, 0) is 79.3 Å². The quantitative estimate of drug-likeness (QED) is 0.113. The summed E-state index contributed by atoms with van der Waals surface area (Å²) in [5, 5.41) is 31.7. The number of hydrogen-bond acceptors (Lipinski definition) is 7. The second-order valence-electron chi connectivity index (χ2n) is 7.45. The number of rotatable bonds is 9. The lowest BCUT2D eigenvalue weighted by Crippen LogP contribution is -2.34. The average Bonchev–Trinajstić information content (AvgIpc) is 3.29. The maximum Gasteiger partial charge on any atom is 0.342 e. The number of hydrazone groups is 1. The molecule has 0 aliphatic heterocycles. The highest BCUT2D eigenvalue weighted by atomic mass is 35.5. The molecule has 0 aliphatic carbocycles. The summed E-state index contributed by atoms with van der Waals surface area (Å²) < 4.78 is 7.46. The molecule has 4 rings (SSSR count). The van der Waals surface area contributed by atoms with Crippen molar-refractivity contribution in [3.05, 3.63) is 77.3 Å². The standard InChI is InChI=1S/C25H22ClN5O4S/c1-2-35-21-11-8-19(9-12-21)31-24(16-3-6-18(26)7-4-16)29-30-25(31)36-15-23(34)28-27-14-17-5-10-20(32)13-22(17)33/h3-14H,2,15H2,1H3,(H3,27,28,32,33,34)/p+1. The minimum absolute atomic E-state index is 0.0425. The van der Waals surface area contributed by atoms with Gasteiger partial charge in [-0.15, -0.1) is 5.10 Å². The van der Waals surface area contributed by atoms with E-state index in [2.05, 4.69) is 20.7 Å². The molecule has 4 aromatic rings. The average molecular weight is 525 g/mol. The fourth-order valence-corrected chi connectivity index (χ4v) is 4.16. The molecule has 0 unspecified atom stereocenters. The summed E-state index contributed by atoms with van der Waals surface area (Å²) in [5.74, 6) is 0.946. The molecule has 1 heterocycles. The van der Waals surface area contributed by atoms with E-state index in [9.17, 15) is 15.0 Å². The second kappa shape index (κ2) is 11.6. The number of amides is 1. The number of hydrogen-bond donors (Lipinski definition) is 4. The summed E-state index contributed by atoms with van der Waals surface area (Å²) in [7, 11) is 0. The number of phenols is 2. The summed E-state index contributed by atoms with van der Waals surface area (Å²) in [6, 6.07) is 19.0. The van der Waals surface area contributed by atoms with Crippen LogP contribution in [0.5, 0.6) is 17.2 Å². The third-order valence-electron chi connectivity index (χ3n) is 4.94. The van der Waals surface area contributed by atoms with E-state index >= 15 is 0 Å². The van der Waals surface area contributed by atoms with Crippen LogP contribution in [0.3, 0.4) is 0 Å². The van der Waals surface area contributed by atoms with Crippen LogP contribution in [0.15, 0.2) is 77.0 Å². The minimum Gasteiger partial charge on any atom is -0.508 e. The van der Waals surface area contributed by atoms with Crippen molar-refractivity contribution in [2.45, 2.75) is 12.1 Å². The molecule has 0 fully saturated rings. The number of aromatic nitrogens is 3. The topological polar surface area (TPSA) is 124 Å². The number of H-pyrrole nitrogens is 1. The SMILES string of the molecule is CCOc1ccc(-[n+]2c(SCC(=O)NN=Cc3ccc(O)cc3O)n[nH]c2-c2ccc(Cl)cc2)cc1. The molecule has 0 atom stereocenters. The molecule has 3 aromatic carbocycles. The van der Waals surface area contributed by atoms with Gasteiger partial charge in [0.2, 0.25) is 0 Å². The normalized spacial score (nSPS) is 11.1. The maximum absolute atomic E-state index is 12.4. The number of thioether (sulfide) groups is 1. The molecule has 0 spiro atoms. The predicted molar refractivity (Wildman–Crippen MR) is 138 cm³/mol. The van der Waals surface area contributed by atoms with Crippen molar-refractivity contribution in [1.29, 1.82) is 0 Å². The van der Waals surface area contributed by atoms with Crippen molar-refractivity contribution in [3.63, 3.8) is 0 Å². The Morgan fingerprint density at radius 1 is 1.17 bits per heavy atom. The van der Waals surface area contributed by atoms with Crippen LogP contribution in [0.2, 0.25) is 5.02 Å². The molecule has 0 saturated carbocycles. The van der Waals surface area contributed by atoms with Gasteiger partial charge in [0, 0.05) is 16.7 Å². The third-order valence-corrected chi connectivity index (χ3v) is 6.13. The van der Waals surface area contributed by atoms with E-state index in [1.807, 2.05) is 47.9 Å². The fourth-order valence-electron chi connectivity index (χ4n) is 3.27. The van der Waals surface area contributed by atoms with Crippen molar-refractivity contribution in [1.82, 2.24) is 15.6 Å². The van der Waals surface area contributed by atoms with Crippen molar-refractivity contribution in [3.8, 4) is 34.3 Å². The highest BCUT2D eigenvalue weighted by molar-refractivity contribution is 7.99. The zero-order valence-corrected chi connectivity index (χ0v) is 20.8. The van der Waals surface area contributed by atoms with Gasteiger partial charge in [-0.2, -0.15) is 9.67 Å². The zero-order chi connectivity index (χ0) is 25.5. The Balaban J connectivity index is 1.52. The van der Waals surface area contributed by atoms with E-state index in [4.69, 9.17) is 16.3 Å². The van der Waals surface area contributed by atoms with Crippen molar-refractivity contribution in [2.24, 2.45) is 5.10 Å². The first kappa shape index (κ1) is 25.1. The number of carbonyl (C=O) groups excluding carboxylic acids is 1. The van der Waals surface area contributed by atoms with E-state index in [-0.39, 0.29) is 23.2 Å². The first-order chi connectivity index (χ1) is 17.4. The van der Waals surface area contributed by atoms with Crippen molar-refractivity contribution < 1.29 is 24.3 Å². The van der Waals surface area contributed by atoms with E-state index in [1.54, 1.807) is 12.1 Å². The van der Waals surface area contributed by atoms with Crippen LogP contribution in [-0.4, -0.2) is 44.9 Å². The molecular weight excluding hydrogens is 502 g/mol. The Morgan fingerprint density at radius 3 is 2.61 bits per heavy atom. The number of aromatic amines is 1. The molecule has 0 radical (unpaired) electrons. The van der Waals surface area contributed by atoms with Crippen molar-refractivity contribution >= 4 is 35.5 Å². The van der Waals surface area contributed by atoms with Gasteiger partial charge in [0.25, 0.3) is 11.7 Å². The fraction of sp³-hybridized carbons (Fsp3) is 0.120. The number of halogens is 1. The predicted octanol–water partition coefficient (Wildman–Crippen LogP) is 4.06. The molecule has 1 amide bonds. The Labute approximate surface area is 216 Å². The van der Waals surface area contributed by atoms with Crippen LogP contribution in [0.25, 0.3) is 17.1 Å². The number of benzene rings is 3. The highest BCUT2D eigenvalue weighted by Crippen LogP contribution is 2.23. The maximum atomic E-state index is 12.4. The number of nitrogens with zero attached hydrogens (tertiary/aromatic N) is 3. The molecule has 0 saturated heterocycles. The van der Waals surface area contributed by atoms with E-state index in [0.717, 1.165) is 22.8 Å². The summed E-state index contributed by atoms with van der Waals surface area (Å²) in [5.41, 5.74) is 4.49. The Hall–Kier alpha value is -4.02. The van der Waals surface area contributed by atoms with E-state index in [1.165, 1.54) is 36.2 Å². The molecule has 184 valence electrons. The number of carbonyl (C=O) groups is 1. The number of aromatic hydroxyl groups is 2. The van der Waals surface area contributed by atoms with Gasteiger partial charge in [0.15, 0.2) is 0 Å². The molecule has 36 heavy (non-hydrogen) atoms. The van der Waals surface area contributed by atoms with Gasteiger partial charge in [-0.25, -0.2) is 5.43 Å². The summed E-state index contributed by atoms with van der Waals surface area (Å²) in [4.78, 5) is 12.4. The van der Waals surface area contributed by atoms with Crippen LogP contribution in [0, 0.1) is 0 Å². The zero-order valence-electron chi connectivity index (χ0n) is 19.2. The van der Waals surface area contributed by atoms with Crippen LogP contribution < -0.4 is 14.7 Å². The monoisotopic (exact) mass is 524 g/mol. The second-order valence-corrected chi connectivity index (χ2v) is 8.83. The van der Waals surface area contributed by atoms with Gasteiger partial charge in [0.05, 0.1) is 29.2 Å². The number of phenolic OH excluding ortho intramolecular Hbond substituents is 2. The molecule has 0 aliphatic rings. The number of nitrogens with one attached hydrogen (secondary N) is 2. The largest absolute Gasteiger partial charge is 0.508 e. The molecule has 1 aromatic heterocycles. The molecule has 11 heteroatoms. The van der Waals surface area contributed by atoms with Gasteiger partial charge >= 0.3 is 5.16 Å². The Morgan fingerprint density at radius 2 is 1.92 bits per heavy atom. The van der Waals surface area contributed by atoms with Crippen molar-refractivity contribution in [2.75, 3.05) is 12.4 Å². The van der Waals surface area contributed by atoms with Crippen LogP contribution in [-0.2, 0) is 4.79 Å². The van der Waals surface area contributed by atoms with E-state index < -0.39 is 0 Å².